The summed E-state index contributed by atoms with van der Waals surface area (Å²) in [6, 6.07) is 23.8. The Morgan fingerprint density at radius 2 is 1.65 bits per heavy atom. The molecule has 3 heteroatoms. The monoisotopic (exact) mass is 300 g/mol. The predicted molar refractivity (Wildman–Crippen MR) is 93.1 cm³/mol. The van der Waals surface area contributed by atoms with E-state index in [1.807, 2.05) is 61.5 Å². The minimum atomic E-state index is 0.215. The first-order chi connectivity index (χ1) is 11.3. The summed E-state index contributed by atoms with van der Waals surface area (Å²) in [5, 5.41) is 14.6. The number of hydrogen-bond acceptors (Lipinski definition) is 3. The molecule has 0 atom stereocenters. The molecule has 3 nitrogen and oxygen atoms in total. The van der Waals surface area contributed by atoms with Crippen LogP contribution in [-0.4, -0.2) is 0 Å². The summed E-state index contributed by atoms with van der Waals surface area (Å²) in [6.07, 6.45) is 1.57. The van der Waals surface area contributed by atoms with Gasteiger partial charge in [-0.3, -0.25) is 0 Å². The van der Waals surface area contributed by atoms with Crippen LogP contribution < -0.4 is 10.1 Å². The maximum absolute atomic E-state index is 9.29. The summed E-state index contributed by atoms with van der Waals surface area (Å²) in [5.74, 6) is 0.901. The van der Waals surface area contributed by atoms with Gasteiger partial charge in [0.25, 0.3) is 0 Å². The second-order valence-corrected chi connectivity index (χ2v) is 5.20. The molecule has 0 amide bonds. The number of benzene rings is 3. The van der Waals surface area contributed by atoms with E-state index in [1.165, 1.54) is 0 Å². The van der Waals surface area contributed by atoms with E-state index in [9.17, 15) is 5.26 Å². The third-order valence-electron chi connectivity index (χ3n) is 3.52. The molecule has 0 aromatic heterocycles. The van der Waals surface area contributed by atoms with Crippen molar-refractivity contribution in [3.63, 3.8) is 0 Å². The topological polar surface area (TPSA) is 45.0 Å². The van der Waals surface area contributed by atoms with Crippen LogP contribution in [0.4, 0.5) is 5.69 Å². The van der Waals surface area contributed by atoms with Gasteiger partial charge in [0.2, 0.25) is 5.76 Å². The van der Waals surface area contributed by atoms with E-state index in [-0.39, 0.29) is 5.76 Å². The van der Waals surface area contributed by atoms with Crippen molar-refractivity contribution >= 4 is 16.5 Å². The molecule has 0 radical (unpaired) electrons. The molecule has 0 saturated heterocycles. The van der Waals surface area contributed by atoms with E-state index in [4.69, 9.17) is 4.74 Å². The number of nitrogens with zero attached hydrogens (tertiary/aromatic N) is 1. The SMILES string of the molecule is Cc1cc2ccccc2cc1O/C(C#N)=C/Nc1ccccc1. The van der Waals surface area contributed by atoms with Gasteiger partial charge in [0.1, 0.15) is 11.8 Å². The highest BCUT2D eigenvalue weighted by Crippen LogP contribution is 2.26. The Morgan fingerprint density at radius 1 is 1.00 bits per heavy atom. The van der Waals surface area contributed by atoms with Gasteiger partial charge in [-0.2, -0.15) is 5.26 Å². The van der Waals surface area contributed by atoms with Crippen LogP contribution in [0.15, 0.2) is 78.7 Å². The molecule has 0 spiro atoms. The molecule has 1 N–H and O–H groups in total. The molecule has 0 aliphatic carbocycles. The fourth-order valence-electron chi connectivity index (χ4n) is 2.33. The Balaban J connectivity index is 1.84. The zero-order valence-corrected chi connectivity index (χ0v) is 12.8. The average molecular weight is 300 g/mol. The van der Waals surface area contributed by atoms with Crippen LogP contribution in [0.5, 0.6) is 5.75 Å². The van der Waals surface area contributed by atoms with E-state index < -0.39 is 0 Å². The van der Waals surface area contributed by atoms with Crippen LogP contribution in [-0.2, 0) is 0 Å². The molecule has 0 unspecified atom stereocenters. The first kappa shape index (κ1) is 14.7. The summed E-state index contributed by atoms with van der Waals surface area (Å²) in [7, 11) is 0. The Bertz CT molecular complexity index is 892. The normalized spacial score (nSPS) is 11.0. The molecule has 0 aliphatic rings. The van der Waals surface area contributed by atoms with Gasteiger partial charge in [-0.15, -0.1) is 0 Å². The molecule has 23 heavy (non-hydrogen) atoms. The molecule has 0 heterocycles. The zero-order chi connectivity index (χ0) is 16.1. The van der Waals surface area contributed by atoms with Gasteiger partial charge in [0.05, 0.1) is 6.20 Å². The molecular weight excluding hydrogens is 284 g/mol. The largest absolute Gasteiger partial charge is 0.444 e. The van der Waals surface area contributed by atoms with Gasteiger partial charge in [0.15, 0.2) is 0 Å². The maximum Gasteiger partial charge on any atom is 0.219 e. The highest BCUT2D eigenvalue weighted by Gasteiger charge is 2.05. The van der Waals surface area contributed by atoms with Crippen molar-refractivity contribution in [2.75, 3.05) is 5.32 Å². The standard InChI is InChI=1S/C20H16N2O/c1-15-11-16-7-5-6-8-17(16)12-20(15)23-19(13-21)14-22-18-9-3-2-4-10-18/h2-12,14,22H,1H3/b19-14+. The summed E-state index contributed by atoms with van der Waals surface area (Å²) in [4.78, 5) is 0. The van der Waals surface area contributed by atoms with Gasteiger partial charge < -0.3 is 10.1 Å². The average Bonchev–Trinajstić information content (AvgIpc) is 2.59. The molecule has 3 aromatic rings. The number of rotatable bonds is 4. The number of aryl methyl sites for hydroxylation is 1. The quantitative estimate of drug-likeness (QED) is 0.544. The van der Waals surface area contributed by atoms with Crippen molar-refractivity contribution in [3.05, 3.63) is 84.3 Å². The number of allylic oxidation sites excluding steroid dienone is 1. The Morgan fingerprint density at radius 3 is 2.35 bits per heavy atom. The van der Waals surface area contributed by atoms with Crippen molar-refractivity contribution in [2.45, 2.75) is 6.92 Å². The number of nitrogens with one attached hydrogen (secondary N) is 1. The van der Waals surface area contributed by atoms with E-state index in [2.05, 4.69) is 23.5 Å². The Kier molecular flexibility index (Phi) is 4.26. The van der Waals surface area contributed by atoms with E-state index in [1.54, 1.807) is 6.20 Å². The Hall–Kier alpha value is -3.25. The first-order valence-electron chi connectivity index (χ1n) is 7.35. The van der Waals surface area contributed by atoms with Gasteiger partial charge >= 0.3 is 0 Å². The van der Waals surface area contributed by atoms with Crippen molar-refractivity contribution in [1.29, 1.82) is 5.26 Å². The first-order valence-corrected chi connectivity index (χ1v) is 7.35. The lowest BCUT2D eigenvalue weighted by Gasteiger charge is -2.09. The van der Waals surface area contributed by atoms with Crippen LogP contribution in [0.2, 0.25) is 0 Å². The fourth-order valence-corrected chi connectivity index (χ4v) is 2.33. The lowest BCUT2D eigenvalue weighted by Crippen LogP contribution is -1.99. The fraction of sp³-hybridized carbons (Fsp3) is 0.0500. The maximum atomic E-state index is 9.29. The second-order valence-electron chi connectivity index (χ2n) is 5.20. The van der Waals surface area contributed by atoms with Crippen molar-refractivity contribution in [1.82, 2.24) is 0 Å². The second kappa shape index (κ2) is 6.67. The number of anilines is 1. The van der Waals surface area contributed by atoms with Gasteiger partial charge in [-0.25, -0.2) is 0 Å². The molecule has 3 aromatic carbocycles. The van der Waals surface area contributed by atoms with Gasteiger partial charge in [-0.05, 0) is 47.5 Å². The lowest BCUT2D eigenvalue weighted by molar-refractivity contribution is 0.445. The number of ether oxygens (including phenoxy) is 1. The third kappa shape index (κ3) is 3.50. The summed E-state index contributed by atoms with van der Waals surface area (Å²) < 4.78 is 5.76. The molecule has 0 fully saturated rings. The highest BCUT2D eigenvalue weighted by molar-refractivity contribution is 5.85. The van der Waals surface area contributed by atoms with Crippen LogP contribution in [0.25, 0.3) is 10.8 Å². The van der Waals surface area contributed by atoms with E-state index in [0.717, 1.165) is 22.0 Å². The number of nitriles is 1. The van der Waals surface area contributed by atoms with Crippen LogP contribution in [0.3, 0.4) is 0 Å². The molecular formula is C20H16N2O. The summed E-state index contributed by atoms with van der Waals surface area (Å²) in [5.41, 5.74) is 1.89. The lowest BCUT2D eigenvalue weighted by atomic mass is 10.1. The smallest absolute Gasteiger partial charge is 0.219 e. The minimum absolute atomic E-state index is 0.215. The van der Waals surface area contributed by atoms with Crippen LogP contribution in [0.1, 0.15) is 5.56 Å². The van der Waals surface area contributed by atoms with Crippen molar-refractivity contribution in [3.8, 4) is 11.8 Å². The van der Waals surface area contributed by atoms with Gasteiger partial charge in [0, 0.05) is 5.69 Å². The van der Waals surface area contributed by atoms with Crippen molar-refractivity contribution in [2.24, 2.45) is 0 Å². The molecule has 3 rings (SSSR count). The third-order valence-corrected chi connectivity index (χ3v) is 3.52. The number of fused-ring (bicyclic) bond motifs is 1. The molecule has 0 bridgehead atoms. The van der Waals surface area contributed by atoms with Crippen LogP contribution in [0, 0.1) is 18.3 Å². The predicted octanol–water partition coefficient (Wildman–Crippen LogP) is 5.00. The molecule has 0 aliphatic heterocycles. The van der Waals surface area contributed by atoms with Gasteiger partial charge in [-0.1, -0.05) is 42.5 Å². The number of para-hydroxylation sites is 1. The minimum Gasteiger partial charge on any atom is -0.444 e. The number of hydrogen-bond donors (Lipinski definition) is 1. The summed E-state index contributed by atoms with van der Waals surface area (Å²) in [6.45, 7) is 1.97. The van der Waals surface area contributed by atoms with E-state index >= 15 is 0 Å². The highest BCUT2D eigenvalue weighted by atomic mass is 16.5. The molecule has 112 valence electrons. The molecule has 0 saturated carbocycles. The zero-order valence-electron chi connectivity index (χ0n) is 12.8. The summed E-state index contributed by atoms with van der Waals surface area (Å²) >= 11 is 0. The van der Waals surface area contributed by atoms with Crippen LogP contribution >= 0.6 is 0 Å². The van der Waals surface area contributed by atoms with E-state index in [0.29, 0.717) is 5.75 Å². The van der Waals surface area contributed by atoms with Crippen molar-refractivity contribution < 1.29 is 4.74 Å². The Labute approximate surface area is 135 Å².